The first-order valence-electron chi connectivity index (χ1n) is 11.8. The van der Waals surface area contributed by atoms with Crippen molar-refractivity contribution >= 4 is 23.5 Å². The molecule has 1 atom stereocenters. The van der Waals surface area contributed by atoms with Crippen molar-refractivity contribution < 1.29 is 23.9 Å². The van der Waals surface area contributed by atoms with Crippen molar-refractivity contribution in [2.75, 3.05) is 38.2 Å². The smallest absolute Gasteiger partial charge is 0.308 e. The summed E-state index contributed by atoms with van der Waals surface area (Å²) in [7, 11) is 0. The Balaban J connectivity index is 1.50. The minimum atomic E-state index is -0.857. The fourth-order valence-electron chi connectivity index (χ4n) is 3.67. The molecule has 0 radical (unpaired) electrons. The van der Waals surface area contributed by atoms with Crippen molar-refractivity contribution in [1.82, 2.24) is 10.2 Å². The van der Waals surface area contributed by atoms with Crippen LogP contribution in [0.3, 0.4) is 0 Å². The van der Waals surface area contributed by atoms with Gasteiger partial charge >= 0.3 is 5.97 Å². The van der Waals surface area contributed by atoms with Crippen LogP contribution in [0.15, 0.2) is 54.6 Å². The van der Waals surface area contributed by atoms with E-state index in [9.17, 15) is 14.4 Å². The molecule has 0 aromatic heterocycles. The highest BCUT2D eigenvalue weighted by Gasteiger charge is 2.34. The van der Waals surface area contributed by atoms with Gasteiger partial charge in [0.1, 0.15) is 11.8 Å². The van der Waals surface area contributed by atoms with Gasteiger partial charge in [0.25, 0.3) is 0 Å². The zero-order chi connectivity index (χ0) is 24.2. The number of hydrogen-bond donors (Lipinski definition) is 2. The van der Waals surface area contributed by atoms with E-state index in [0.29, 0.717) is 32.1 Å². The van der Waals surface area contributed by atoms with Gasteiger partial charge in [-0.1, -0.05) is 49.7 Å². The van der Waals surface area contributed by atoms with Gasteiger partial charge in [-0.2, -0.15) is 0 Å². The van der Waals surface area contributed by atoms with Crippen LogP contribution in [0.1, 0.15) is 31.7 Å². The Bertz CT molecular complexity index is 950. The number of carbonyl (C=O) groups excluding carboxylic acids is 3. The molecule has 2 N–H and O–H groups in total. The van der Waals surface area contributed by atoms with E-state index in [1.807, 2.05) is 49.4 Å². The van der Waals surface area contributed by atoms with Crippen LogP contribution in [0.2, 0.25) is 0 Å². The Morgan fingerprint density at radius 1 is 1.12 bits per heavy atom. The molecule has 0 aliphatic carbocycles. The summed E-state index contributed by atoms with van der Waals surface area (Å²) in [6.07, 6.45) is 2.33. The molecule has 34 heavy (non-hydrogen) atoms. The molecule has 0 saturated carbocycles. The zero-order valence-electron chi connectivity index (χ0n) is 19.6. The molecule has 1 unspecified atom stereocenters. The van der Waals surface area contributed by atoms with Crippen LogP contribution in [0, 0.1) is 0 Å². The largest absolute Gasteiger partial charge is 0.493 e. The molecular weight excluding hydrogens is 434 g/mol. The summed E-state index contributed by atoms with van der Waals surface area (Å²) in [5.41, 5.74) is 1.94. The molecular formula is C26H33N3O5. The lowest BCUT2D eigenvalue weighted by atomic mass is 10.1. The van der Waals surface area contributed by atoms with E-state index >= 15 is 0 Å². The number of hydrogen-bond acceptors (Lipinski definition) is 6. The average Bonchev–Trinajstić information content (AvgIpc) is 2.85. The van der Waals surface area contributed by atoms with Crippen molar-refractivity contribution in [2.24, 2.45) is 0 Å². The number of nitrogens with one attached hydrogen (secondary N) is 2. The van der Waals surface area contributed by atoms with E-state index in [-0.39, 0.29) is 24.8 Å². The topological polar surface area (TPSA) is 97.0 Å². The van der Waals surface area contributed by atoms with E-state index in [0.717, 1.165) is 24.9 Å². The molecule has 2 aromatic rings. The van der Waals surface area contributed by atoms with E-state index in [1.165, 1.54) is 10.5 Å². The normalized spacial score (nSPS) is 15.4. The molecule has 2 amide bonds. The maximum Gasteiger partial charge on any atom is 0.308 e. The number of ether oxygens (including phenoxy) is 2. The SMILES string of the molecule is CCCCOC(=O)CC1C(=O)NCCN1C(=O)CNc1cccc(OCCc2ccccc2)c1. The van der Waals surface area contributed by atoms with Gasteiger partial charge in [0, 0.05) is 31.3 Å². The summed E-state index contributed by atoms with van der Waals surface area (Å²) in [6, 6.07) is 16.7. The third-order valence-corrected chi connectivity index (χ3v) is 5.55. The Hall–Kier alpha value is -3.55. The van der Waals surface area contributed by atoms with Crippen LogP contribution in [-0.4, -0.2) is 61.6 Å². The molecule has 1 fully saturated rings. The third kappa shape index (κ3) is 7.79. The first-order valence-corrected chi connectivity index (χ1v) is 11.8. The second-order valence-corrected chi connectivity index (χ2v) is 8.14. The predicted octanol–water partition coefficient (Wildman–Crippen LogP) is 2.78. The summed E-state index contributed by atoms with van der Waals surface area (Å²) < 4.78 is 11.0. The average molecular weight is 468 g/mol. The standard InChI is InChI=1S/C26H33N3O5/c1-2-3-15-34-25(31)18-23-26(32)27-13-14-29(23)24(30)19-28-21-10-7-11-22(17-21)33-16-12-20-8-5-4-6-9-20/h4-11,17,23,28H,2-3,12-16,18-19H2,1H3,(H,27,32). The van der Waals surface area contributed by atoms with Crippen LogP contribution in [0.4, 0.5) is 5.69 Å². The Labute approximate surface area is 200 Å². The highest BCUT2D eigenvalue weighted by Crippen LogP contribution is 2.18. The van der Waals surface area contributed by atoms with Crippen LogP contribution >= 0.6 is 0 Å². The highest BCUT2D eigenvalue weighted by atomic mass is 16.5. The maximum absolute atomic E-state index is 12.9. The molecule has 2 aromatic carbocycles. The Kier molecular flexibility index (Phi) is 9.76. The first-order chi connectivity index (χ1) is 16.6. The van der Waals surface area contributed by atoms with Crippen molar-refractivity contribution in [3.05, 3.63) is 60.2 Å². The van der Waals surface area contributed by atoms with E-state index < -0.39 is 12.0 Å². The quantitative estimate of drug-likeness (QED) is 0.368. The molecule has 8 nitrogen and oxygen atoms in total. The summed E-state index contributed by atoms with van der Waals surface area (Å²) in [5, 5.41) is 5.83. The lowest BCUT2D eigenvalue weighted by Gasteiger charge is -2.34. The Morgan fingerprint density at radius 3 is 2.74 bits per heavy atom. The molecule has 1 aliphatic rings. The van der Waals surface area contributed by atoms with Gasteiger partial charge in [-0.3, -0.25) is 14.4 Å². The fraction of sp³-hybridized carbons (Fsp3) is 0.423. The number of nitrogens with zero attached hydrogens (tertiary/aromatic N) is 1. The molecule has 0 bridgehead atoms. The van der Waals surface area contributed by atoms with Crippen LogP contribution < -0.4 is 15.4 Å². The maximum atomic E-state index is 12.9. The Morgan fingerprint density at radius 2 is 1.94 bits per heavy atom. The van der Waals surface area contributed by atoms with Gasteiger partial charge in [0.05, 0.1) is 26.2 Å². The minimum absolute atomic E-state index is 0.00211. The predicted molar refractivity (Wildman–Crippen MR) is 130 cm³/mol. The van der Waals surface area contributed by atoms with Crippen molar-refractivity contribution in [2.45, 2.75) is 38.6 Å². The van der Waals surface area contributed by atoms with Crippen LogP contribution in [0.5, 0.6) is 5.75 Å². The highest BCUT2D eigenvalue weighted by molar-refractivity contribution is 5.93. The lowest BCUT2D eigenvalue weighted by molar-refractivity contribution is -0.151. The number of esters is 1. The van der Waals surface area contributed by atoms with E-state index in [1.54, 1.807) is 0 Å². The van der Waals surface area contributed by atoms with Gasteiger partial charge in [-0.05, 0) is 24.1 Å². The summed E-state index contributed by atoms with van der Waals surface area (Å²) in [6.45, 7) is 3.58. The summed E-state index contributed by atoms with van der Waals surface area (Å²) in [4.78, 5) is 38.8. The van der Waals surface area contributed by atoms with Crippen LogP contribution in [0.25, 0.3) is 0 Å². The zero-order valence-corrected chi connectivity index (χ0v) is 19.6. The lowest BCUT2D eigenvalue weighted by Crippen LogP contribution is -2.58. The van der Waals surface area contributed by atoms with E-state index in [2.05, 4.69) is 22.8 Å². The number of amides is 2. The summed E-state index contributed by atoms with van der Waals surface area (Å²) in [5.74, 6) is -0.350. The molecule has 1 aliphatic heterocycles. The fourth-order valence-corrected chi connectivity index (χ4v) is 3.67. The van der Waals surface area contributed by atoms with Crippen molar-refractivity contribution in [3.8, 4) is 5.75 Å². The molecule has 3 rings (SSSR count). The van der Waals surface area contributed by atoms with Gasteiger partial charge in [0.2, 0.25) is 11.8 Å². The summed E-state index contributed by atoms with van der Waals surface area (Å²) >= 11 is 0. The third-order valence-electron chi connectivity index (χ3n) is 5.55. The number of rotatable bonds is 12. The minimum Gasteiger partial charge on any atom is -0.493 e. The van der Waals surface area contributed by atoms with Crippen LogP contribution in [-0.2, 0) is 25.5 Å². The number of anilines is 1. The van der Waals surface area contributed by atoms with Gasteiger partial charge < -0.3 is 25.0 Å². The first kappa shape index (κ1) is 25.1. The monoisotopic (exact) mass is 467 g/mol. The van der Waals surface area contributed by atoms with Gasteiger partial charge in [0.15, 0.2) is 0 Å². The number of piperazine rings is 1. The van der Waals surface area contributed by atoms with E-state index in [4.69, 9.17) is 9.47 Å². The molecule has 182 valence electrons. The number of carbonyl (C=O) groups is 3. The molecule has 0 spiro atoms. The van der Waals surface area contributed by atoms with Gasteiger partial charge in [-0.25, -0.2) is 0 Å². The molecule has 1 saturated heterocycles. The van der Waals surface area contributed by atoms with Crippen molar-refractivity contribution in [3.63, 3.8) is 0 Å². The second-order valence-electron chi connectivity index (χ2n) is 8.14. The van der Waals surface area contributed by atoms with Crippen molar-refractivity contribution in [1.29, 1.82) is 0 Å². The molecule has 8 heteroatoms. The second kappa shape index (κ2) is 13.2. The molecule has 1 heterocycles. The van der Waals surface area contributed by atoms with Gasteiger partial charge in [-0.15, -0.1) is 0 Å². The number of unbranched alkanes of at least 4 members (excludes halogenated alkanes) is 1. The number of benzene rings is 2.